The molecule has 1 N–H and O–H groups in total. The van der Waals surface area contributed by atoms with Gasteiger partial charge in [0, 0.05) is 10.7 Å². The van der Waals surface area contributed by atoms with Crippen LogP contribution in [0.5, 0.6) is 5.75 Å². The number of ether oxygens (including phenoxy) is 1. The van der Waals surface area contributed by atoms with Crippen LogP contribution in [-0.4, -0.2) is 18.4 Å². The molecule has 0 aliphatic carbocycles. The molecule has 4 rings (SSSR count). The van der Waals surface area contributed by atoms with Crippen molar-refractivity contribution < 1.29 is 14.3 Å². The van der Waals surface area contributed by atoms with Crippen LogP contribution in [0.25, 0.3) is 5.57 Å². The number of imide groups is 1. The lowest BCUT2D eigenvalue weighted by molar-refractivity contribution is -0.120. The first-order valence-corrected chi connectivity index (χ1v) is 10.3. The first-order chi connectivity index (χ1) is 15.0. The van der Waals surface area contributed by atoms with Gasteiger partial charge in [-0.15, -0.1) is 0 Å². The van der Waals surface area contributed by atoms with Crippen molar-refractivity contribution >= 4 is 40.4 Å². The fourth-order valence-corrected chi connectivity index (χ4v) is 3.53. The van der Waals surface area contributed by atoms with Gasteiger partial charge in [0.15, 0.2) is 0 Å². The third-order valence-electron chi connectivity index (χ3n) is 4.94. The number of carbonyl (C=O) groups is 2. The summed E-state index contributed by atoms with van der Waals surface area (Å²) in [5.41, 5.74) is 3.45. The highest BCUT2D eigenvalue weighted by atomic mass is 35.5. The summed E-state index contributed by atoms with van der Waals surface area (Å²) in [4.78, 5) is 28.0. The molecule has 1 heterocycles. The number of nitrogens with one attached hydrogen (secondary N) is 1. The number of nitrogens with zero attached hydrogens (tertiary/aromatic N) is 1. The van der Waals surface area contributed by atoms with E-state index in [4.69, 9.17) is 16.3 Å². The summed E-state index contributed by atoms with van der Waals surface area (Å²) in [5.74, 6) is -0.139. The molecule has 6 heteroatoms. The zero-order chi connectivity index (χ0) is 22.0. The number of hydrogen-bond acceptors (Lipinski definition) is 4. The van der Waals surface area contributed by atoms with Gasteiger partial charge in [-0.1, -0.05) is 41.4 Å². The minimum Gasteiger partial charge on any atom is -0.494 e. The molecule has 0 radical (unpaired) electrons. The number of amides is 2. The van der Waals surface area contributed by atoms with Crippen molar-refractivity contribution in [2.75, 3.05) is 16.8 Å². The van der Waals surface area contributed by atoms with E-state index < -0.39 is 11.8 Å². The van der Waals surface area contributed by atoms with Crippen molar-refractivity contribution in [3.8, 4) is 5.75 Å². The lowest BCUT2D eigenvalue weighted by atomic mass is 10.0. The van der Waals surface area contributed by atoms with Crippen LogP contribution in [0.2, 0.25) is 5.02 Å². The molecule has 2 amide bonds. The van der Waals surface area contributed by atoms with Crippen molar-refractivity contribution in [2.24, 2.45) is 0 Å². The summed E-state index contributed by atoms with van der Waals surface area (Å²) >= 11 is 6.02. The molecular formula is C25H21ClN2O3. The number of halogens is 1. The Morgan fingerprint density at radius 3 is 2.13 bits per heavy atom. The first kappa shape index (κ1) is 20.7. The molecule has 0 fully saturated rings. The minimum absolute atomic E-state index is 0.227. The predicted octanol–water partition coefficient (Wildman–Crippen LogP) is 5.44. The summed E-state index contributed by atoms with van der Waals surface area (Å²) in [6, 6.07) is 21.4. The number of carbonyl (C=O) groups excluding carboxylic acids is 2. The first-order valence-electron chi connectivity index (χ1n) is 9.93. The zero-order valence-corrected chi connectivity index (χ0v) is 17.9. The van der Waals surface area contributed by atoms with Crippen LogP contribution in [0, 0.1) is 6.92 Å². The molecule has 5 nitrogen and oxygen atoms in total. The second kappa shape index (κ2) is 8.66. The van der Waals surface area contributed by atoms with Crippen molar-refractivity contribution in [1.82, 2.24) is 0 Å². The largest absolute Gasteiger partial charge is 0.494 e. The van der Waals surface area contributed by atoms with Crippen molar-refractivity contribution in [3.05, 3.63) is 94.6 Å². The zero-order valence-electron chi connectivity index (χ0n) is 17.2. The molecule has 1 aliphatic rings. The van der Waals surface area contributed by atoms with E-state index in [1.165, 1.54) is 4.90 Å². The van der Waals surface area contributed by atoms with E-state index in [1.54, 1.807) is 48.5 Å². The molecule has 3 aromatic rings. The number of hydrogen-bond donors (Lipinski definition) is 1. The van der Waals surface area contributed by atoms with Gasteiger partial charge < -0.3 is 10.1 Å². The van der Waals surface area contributed by atoms with E-state index in [2.05, 4.69) is 5.32 Å². The van der Waals surface area contributed by atoms with Gasteiger partial charge in [0.1, 0.15) is 11.4 Å². The lowest BCUT2D eigenvalue weighted by Gasteiger charge is -2.16. The molecule has 0 spiro atoms. The van der Waals surface area contributed by atoms with Gasteiger partial charge in [0.25, 0.3) is 11.8 Å². The van der Waals surface area contributed by atoms with Crippen LogP contribution >= 0.6 is 11.6 Å². The summed E-state index contributed by atoms with van der Waals surface area (Å²) < 4.78 is 5.46. The SMILES string of the molecule is CCOc1ccc(N2C(=O)C(Nc3ccc(C)cc3)=C(c3ccc(Cl)cc3)C2=O)cc1. The fourth-order valence-electron chi connectivity index (χ4n) is 3.40. The number of benzene rings is 3. The van der Waals surface area contributed by atoms with Crippen LogP contribution in [0.1, 0.15) is 18.1 Å². The third kappa shape index (κ3) is 4.18. The summed E-state index contributed by atoms with van der Waals surface area (Å²) in [6.45, 7) is 4.42. The van der Waals surface area contributed by atoms with Gasteiger partial charge in [0.2, 0.25) is 0 Å². The molecule has 31 heavy (non-hydrogen) atoms. The van der Waals surface area contributed by atoms with Crippen LogP contribution in [0.15, 0.2) is 78.5 Å². The van der Waals surface area contributed by atoms with Crippen molar-refractivity contribution in [2.45, 2.75) is 13.8 Å². The predicted molar refractivity (Wildman–Crippen MR) is 123 cm³/mol. The molecule has 0 saturated carbocycles. The summed E-state index contributed by atoms with van der Waals surface area (Å²) in [5, 5.41) is 3.71. The highest BCUT2D eigenvalue weighted by molar-refractivity contribution is 6.46. The average Bonchev–Trinajstić information content (AvgIpc) is 3.01. The molecule has 0 saturated heterocycles. The summed E-state index contributed by atoms with van der Waals surface area (Å²) in [7, 11) is 0. The lowest BCUT2D eigenvalue weighted by Crippen LogP contribution is -2.32. The quantitative estimate of drug-likeness (QED) is 0.526. The normalized spacial score (nSPS) is 13.7. The Morgan fingerprint density at radius 2 is 1.52 bits per heavy atom. The third-order valence-corrected chi connectivity index (χ3v) is 5.20. The van der Waals surface area contributed by atoms with Gasteiger partial charge in [-0.3, -0.25) is 9.59 Å². The second-order valence-electron chi connectivity index (χ2n) is 7.12. The summed E-state index contributed by atoms with van der Waals surface area (Å²) in [6.07, 6.45) is 0. The van der Waals surface area contributed by atoms with Gasteiger partial charge in [-0.05, 0) is 67.9 Å². The fraction of sp³-hybridized carbons (Fsp3) is 0.120. The molecule has 0 atom stereocenters. The maximum Gasteiger partial charge on any atom is 0.282 e. The number of rotatable bonds is 6. The Balaban J connectivity index is 1.75. The van der Waals surface area contributed by atoms with E-state index in [1.807, 2.05) is 38.1 Å². The van der Waals surface area contributed by atoms with Crippen LogP contribution in [0.3, 0.4) is 0 Å². The average molecular weight is 433 g/mol. The molecule has 0 unspecified atom stereocenters. The van der Waals surface area contributed by atoms with E-state index in [9.17, 15) is 9.59 Å². The Kier molecular flexibility index (Phi) is 5.78. The molecule has 0 aromatic heterocycles. The standard InChI is InChI=1S/C25H21ClN2O3/c1-3-31-21-14-12-20(13-15-21)28-24(29)22(17-6-8-18(26)9-7-17)23(25(28)30)27-19-10-4-16(2)5-11-19/h4-15,27H,3H2,1-2H3. The van der Waals surface area contributed by atoms with E-state index in [0.717, 1.165) is 11.3 Å². The second-order valence-corrected chi connectivity index (χ2v) is 7.56. The molecular weight excluding hydrogens is 412 g/mol. The van der Waals surface area contributed by atoms with E-state index in [0.29, 0.717) is 34.2 Å². The molecule has 156 valence electrons. The van der Waals surface area contributed by atoms with Crippen LogP contribution in [0.4, 0.5) is 11.4 Å². The van der Waals surface area contributed by atoms with Gasteiger partial charge >= 0.3 is 0 Å². The van der Waals surface area contributed by atoms with Gasteiger partial charge in [-0.2, -0.15) is 0 Å². The van der Waals surface area contributed by atoms with Crippen molar-refractivity contribution in [3.63, 3.8) is 0 Å². The Labute approximate surface area is 185 Å². The van der Waals surface area contributed by atoms with Crippen molar-refractivity contribution in [1.29, 1.82) is 0 Å². The molecule has 1 aliphatic heterocycles. The van der Waals surface area contributed by atoms with Crippen LogP contribution in [-0.2, 0) is 9.59 Å². The maximum atomic E-state index is 13.4. The number of anilines is 2. The molecule has 0 bridgehead atoms. The van der Waals surface area contributed by atoms with Gasteiger partial charge in [0.05, 0.1) is 17.9 Å². The minimum atomic E-state index is -0.417. The Bertz CT molecular complexity index is 1150. The highest BCUT2D eigenvalue weighted by Crippen LogP contribution is 2.34. The Morgan fingerprint density at radius 1 is 0.871 bits per heavy atom. The van der Waals surface area contributed by atoms with Gasteiger partial charge in [-0.25, -0.2) is 4.90 Å². The topological polar surface area (TPSA) is 58.6 Å². The molecule has 3 aromatic carbocycles. The van der Waals surface area contributed by atoms with E-state index in [-0.39, 0.29) is 5.70 Å². The number of aryl methyl sites for hydroxylation is 1. The monoisotopic (exact) mass is 432 g/mol. The smallest absolute Gasteiger partial charge is 0.282 e. The van der Waals surface area contributed by atoms with Crippen LogP contribution < -0.4 is 15.0 Å². The Hall–Kier alpha value is -3.57. The van der Waals surface area contributed by atoms with E-state index >= 15 is 0 Å². The maximum absolute atomic E-state index is 13.4. The highest BCUT2D eigenvalue weighted by Gasteiger charge is 2.40.